The van der Waals surface area contributed by atoms with Crippen LogP contribution in [0.1, 0.15) is 15.9 Å². The smallest absolute Gasteiger partial charge is 0.411 e. The number of carbonyl (C=O) groups is 2. The highest BCUT2D eigenvalue weighted by molar-refractivity contribution is 5.97. The lowest BCUT2D eigenvalue weighted by Crippen LogP contribution is -2.31. The van der Waals surface area contributed by atoms with Crippen LogP contribution in [0.4, 0.5) is 16.3 Å². The number of ether oxygens (including phenoxy) is 1. The van der Waals surface area contributed by atoms with Gasteiger partial charge in [-0.25, -0.2) is 9.48 Å². The van der Waals surface area contributed by atoms with E-state index >= 15 is 0 Å². The summed E-state index contributed by atoms with van der Waals surface area (Å²) in [6.07, 6.45) is 2.07. The van der Waals surface area contributed by atoms with Gasteiger partial charge in [0.2, 0.25) is 0 Å². The number of nitrogens with two attached hydrogens (primary N) is 1. The van der Waals surface area contributed by atoms with Gasteiger partial charge in [0.05, 0.1) is 12.8 Å². The first-order valence-corrected chi connectivity index (χ1v) is 8.77. The van der Waals surface area contributed by atoms with Gasteiger partial charge in [0, 0.05) is 29.6 Å². The second kappa shape index (κ2) is 7.07. The van der Waals surface area contributed by atoms with Gasteiger partial charge in [-0.1, -0.05) is 18.2 Å². The maximum atomic E-state index is 11.9. The van der Waals surface area contributed by atoms with Crippen LogP contribution in [0.5, 0.6) is 0 Å². The van der Waals surface area contributed by atoms with Gasteiger partial charge < -0.3 is 15.8 Å². The van der Waals surface area contributed by atoms with Crippen LogP contribution >= 0.6 is 0 Å². The normalized spacial score (nSPS) is 12.8. The fourth-order valence-corrected chi connectivity index (χ4v) is 3.23. The Hall–Kier alpha value is -3.81. The third-order valence-electron chi connectivity index (χ3n) is 4.63. The van der Waals surface area contributed by atoms with E-state index in [1.807, 2.05) is 30.5 Å². The molecule has 0 fully saturated rings. The molecule has 4 N–H and O–H groups in total. The average molecular weight is 377 g/mol. The number of rotatable bonds is 3. The molecular formula is C20H19N5O3. The van der Waals surface area contributed by atoms with E-state index in [4.69, 9.17) is 5.73 Å². The maximum absolute atomic E-state index is 11.9. The zero-order valence-electron chi connectivity index (χ0n) is 15.2. The Morgan fingerprint density at radius 1 is 1.25 bits per heavy atom. The summed E-state index contributed by atoms with van der Waals surface area (Å²) in [4.78, 5) is 23.3. The zero-order chi connectivity index (χ0) is 19.7. The van der Waals surface area contributed by atoms with Gasteiger partial charge in [-0.05, 0) is 41.8 Å². The van der Waals surface area contributed by atoms with Crippen LogP contribution in [0.15, 0.2) is 48.7 Å². The van der Waals surface area contributed by atoms with E-state index in [1.165, 1.54) is 7.11 Å². The summed E-state index contributed by atoms with van der Waals surface area (Å²) in [5.74, 6) is 0.331. The summed E-state index contributed by atoms with van der Waals surface area (Å²) in [7, 11) is 1.31. The molecule has 3 aromatic rings. The van der Waals surface area contributed by atoms with Gasteiger partial charge in [0.15, 0.2) is 5.82 Å². The van der Waals surface area contributed by atoms with Crippen molar-refractivity contribution in [2.45, 2.75) is 6.42 Å². The molecule has 8 nitrogen and oxygen atoms in total. The Balaban J connectivity index is 1.67. The van der Waals surface area contributed by atoms with Crippen molar-refractivity contribution in [1.29, 1.82) is 0 Å². The lowest BCUT2D eigenvalue weighted by Gasteiger charge is -2.17. The molecule has 0 aliphatic carbocycles. The second-order valence-electron chi connectivity index (χ2n) is 6.42. The summed E-state index contributed by atoms with van der Waals surface area (Å²) in [5.41, 5.74) is 10.9. The number of hydrogen-bond acceptors (Lipinski definition) is 5. The van der Waals surface area contributed by atoms with E-state index in [1.54, 1.807) is 22.9 Å². The van der Waals surface area contributed by atoms with Crippen molar-refractivity contribution < 1.29 is 14.3 Å². The van der Waals surface area contributed by atoms with Crippen molar-refractivity contribution in [3.05, 3.63) is 59.8 Å². The number of methoxy groups -OCH3 is 1. The number of nitrogens with one attached hydrogen (secondary N) is 2. The Labute approximate surface area is 161 Å². The van der Waals surface area contributed by atoms with Crippen LogP contribution in [0.3, 0.4) is 0 Å². The maximum Gasteiger partial charge on any atom is 0.411 e. The number of nitrogen functional groups attached to an aromatic ring is 1. The number of fused-ring (bicyclic) bond motifs is 1. The van der Waals surface area contributed by atoms with Gasteiger partial charge in [-0.3, -0.25) is 10.1 Å². The average Bonchev–Trinajstić information content (AvgIpc) is 3.10. The van der Waals surface area contributed by atoms with Gasteiger partial charge in [-0.15, -0.1) is 0 Å². The van der Waals surface area contributed by atoms with Gasteiger partial charge in [0.1, 0.15) is 0 Å². The molecule has 8 heteroatoms. The summed E-state index contributed by atoms with van der Waals surface area (Å²) in [5, 5.41) is 9.86. The highest BCUT2D eigenvalue weighted by atomic mass is 16.5. The van der Waals surface area contributed by atoms with Crippen LogP contribution in [0, 0.1) is 0 Å². The Morgan fingerprint density at radius 3 is 2.93 bits per heavy atom. The molecule has 2 heterocycles. The Kier molecular flexibility index (Phi) is 4.44. The van der Waals surface area contributed by atoms with Crippen molar-refractivity contribution in [1.82, 2.24) is 15.1 Å². The van der Waals surface area contributed by atoms with E-state index in [9.17, 15) is 9.59 Å². The minimum Gasteiger partial charge on any atom is -0.453 e. The molecule has 2 amide bonds. The van der Waals surface area contributed by atoms with Gasteiger partial charge >= 0.3 is 6.09 Å². The Bertz CT molecular complexity index is 1070. The van der Waals surface area contributed by atoms with E-state index < -0.39 is 6.09 Å². The third-order valence-corrected chi connectivity index (χ3v) is 4.63. The fourth-order valence-electron chi connectivity index (χ4n) is 3.23. The van der Waals surface area contributed by atoms with Gasteiger partial charge in [0.25, 0.3) is 5.91 Å². The predicted molar refractivity (Wildman–Crippen MR) is 105 cm³/mol. The largest absolute Gasteiger partial charge is 0.453 e. The first-order valence-electron chi connectivity index (χ1n) is 8.77. The molecule has 0 saturated carbocycles. The minimum atomic E-state index is -0.545. The van der Waals surface area contributed by atoms with E-state index in [-0.39, 0.29) is 5.91 Å². The van der Waals surface area contributed by atoms with E-state index in [0.717, 1.165) is 28.8 Å². The molecule has 1 aliphatic rings. The molecule has 0 bridgehead atoms. The monoisotopic (exact) mass is 377 g/mol. The molecule has 0 radical (unpaired) electrons. The molecule has 0 saturated heterocycles. The number of hydrogen-bond donors (Lipinski definition) is 3. The van der Waals surface area contributed by atoms with Crippen LogP contribution in [0.2, 0.25) is 0 Å². The minimum absolute atomic E-state index is 0.0496. The van der Waals surface area contributed by atoms with Crippen molar-refractivity contribution >= 4 is 23.5 Å². The molecule has 2 aromatic carbocycles. The number of amides is 2. The molecule has 1 aromatic heterocycles. The molecule has 0 spiro atoms. The lowest BCUT2D eigenvalue weighted by molar-refractivity contribution is 0.0946. The molecule has 28 heavy (non-hydrogen) atoms. The quantitative estimate of drug-likeness (QED) is 0.650. The van der Waals surface area contributed by atoms with Crippen LogP contribution in [-0.2, 0) is 11.2 Å². The number of nitrogens with zero attached hydrogens (tertiary/aromatic N) is 2. The molecular weight excluding hydrogens is 358 g/mol. The highest BCUT2D eigenvalue weighted by Gasteiger charge is 2.18. The number of aromatic nitrogens is 2. The zero-order valence-corrected chi connectivity index (χ0v) is 15.2. The SMILES string of the molecule is COC(=O)Nc1cccc(-n2cc(-c3ccc4c(c3)CCNC4=O)c(N)n2)c1. The predicted octanol–water partition coefficient (Wildman–Crippen LogP) is 2.59. The molecule has 1 aliphatic heterocycles. The summed E-state index contributed by atoms with van der Waals surface area (Å²) >= 11 is 0. The number of benzene rings is 2. The number of carbonyl (C=O) groups excluding carboxylic acids is 2. The van der Waals surface area contributed by atoms with Crippen LogP contribution < -0.4 is 16.4 Å². The van der Waals surface area contributed by atoms with Gasteiger partial charge in [-0.2, -0.15) is 5.10 Å². The van der Waals surface area contributed by atoms with Crippen molar-refractivity contribution in [2.24, 2.45) is 0 Å². The van der Waals surface area contributed by atoms with Crippen molar-refractivity contribution in [3.8, 4) is 16.8 Å². The summed E-state index contributed by atoms with van der Waals surface area (Å²) in [6.45, 7) is 0.629. The Morgan fingerprint density at radius 2 is 2.11 bits per heavy atom. The second-order valence-corrected chi connectivity index (χ2v) is 6.42. The highest BCUT2D eigenvalue weighted by Crippen LogP contribution is 2.29. The van der Waals surface area contributed by atoms with E-state index in [2.05, 4.69) is 20.5 Å². The molecule has 0 unspecified atom stereocenters. The molecule has 142 valence electrons. The standard InChI is InChI=1S/C20H19N5O3/c1-28-20(27)23-14-3-2-4-15(10-14)25-11-17(18(21)24-25)12-5-6-16-13(9-12)7-8-22-19(16)26/h2-6,9-11H,7-8H2,1H3,(H2,21,24)(H,22,26)(H,23,27). The first-order chi connectivity index (χ1) is 13.5. The third kappa shape index (κ3) is 3.27. The lowest BCUT2D eigenvalue weighted by atomic mass is 9.96. The first kappa shape index (κ1) is 17.6. The molecule has 4 rings (SSSR count). The van der Waals surface area contributed by atoms with Crippen molar-refractivity contribution in [3.63, 3.8) is 0 Å². The van der Waals surface area contributed by atoms with Crippen LogP contribution in [-0.4, -0.2) is 35.4 Å². The summed E-state index contributed by atoms with van der Waals surface area (Å²) < 4.78 is 6.26. The molecule has 0 atom stereocenters. The van der Waals surface area contributed by atoms with Crippen LogP contribution in [0.25, 0.3) is 16.8 Å². The topological polar surface area (TPSA) is 111 Å². The summed E-state index contributed by atoms with van der Waals surface area (Å²) in [6, 6.07) is 12.9. The van der Waals surface area contributed by atoms with Crippen molar-refractivity contribution in [2.75, 3.05) is 24.7 Å². The number of anilines is 2. The fraction of sp³-hybridized carbons (Fsp3) is 0.150. The van der Waals surface area contributed by atoms with E-state index in [0.29, 0.717) is 23.6 Å².